The second-order valence-electron chi connectivity index (χ2n) is 5.67. The van der Waals surface area contributed by atoms with E-state index in [1.54, 1.807) is 0 Å². The molecule has 1 aliphatic heterocycles. The molecule has 0 bridgehead atoms. The number of aliphatic carboxylic acids is 1. The summed E-state index contributed by atoms with van der Waals surface area (Å²) in [5.74, 6) is -1.20. The van der Waals surface area contributed by atoms with E-state index < -0.39 is 12.0 Å². The maximum Gasteiger partial charge on any atom is 0.326 e. The van der Waals surface area contributed by atoms with Gasteiger partial charge in [0.25, 0.3) is 0 Å². The van der Waals surface area contributed by atoms with E-state index in [2.05, 4.69) is 10.2 Å². The number of benzene rings is 1. The fraction of sp³-hybridized carbons (Fsp3) is 0.500. The summed E-state index contributed by atoms with van der Waals surface area (Å²) >= 11 is 0. The number of hydrogen-bond acceptors (Lipinski definition) is 3. The number of likely N-dealkylation sites (tertiary alicyclic amines) is 1. The van der Waals surface area contributed by atoms with E-state index in [1.165, 1.54) is 0 Å². The van der Waals surface area contributed by atoms with Gasteiger partial charge in [-0.3, -0.25) is 4.79 Å². The zero-order valence-electron chi connectivity index (χ0n) is 12.3. The standard InChI is InChI=1S/C16H22N2O3/c1-18-10-9-13(11-18)15(19)17-14(16(20)21)8-7-12-5-3-2-4-6-12/h2-6,13-14H,7-11H2,1H3,(H,17,19)(H,20,21)/t13?,14-/m0/s1. The molecule has 1 unspecified atom stereocenters. The molecule has 21 heavy (non-hydrogen) atoms. The highest BCUT2D eigenvalue weighted by molar-refractivity contribution is 5.85. The van der Waals surface area contributed by atoms with Crippen molar-refractivity contribution in [1.82, 2.24) is 10.2 Å². The number of nitrogens with one attached hydrogen (secondary N) is 1. The van der Waals surface area contributed by atoms with Gasteiger partial charge in [0.2, 0.25) is 5.91 Å². The van der Waals surface area contributed by atoms with Gasteiger partial charge in [-0.15, -0.1) is 0 Å². The van der Waals surface area contributed by atoms with Crippen molar-refractivity contribution < 1.29 is 14.7 Å². The van der Waals surface area contributed by atoms with E-state index in [4.69, 9.17) is 0 Å². The Labute approximate surface area is 125 Å². The number of rotatable bonds is 6. The Morgan fingerprint density at radius 1 is 1.38 bits per heavy atom. The number of amides is 1. The lowest BCUT2D eigenvalue weighted by Crippen LogP contribution is -2.44. The second-order valence-corrected chi connectivity index (χ2v) is 5.67. The fourth-order valence-electron chi connectivity index (χ4n) is 2.65. The molecule has 5 nitrogen and oxygen atoms in total. The van der Waals surface area contributed by atoms with Crippen LogP contribution in [0.3, 0.4) is 0 Å². The first-order valence-corrected chi connectivity index (χ1v) is 7.32. The zero-order chi connectivity index (χ0) is 15.2. The van der Waals surface area contributed by atoms with E-state index in [1.807, 2.05) is 37.4 Å². The summed E-state index contributed by atoms with van der Waals surface area (Å²) in [4.78, 5) is 25.5. The van der Waals surface area contributed by atoms with Crippen molar-refractivity contribution in [2.24, 2.45) is 5.92 Å². The van der Waals surface area contributed by atoms with Gasteiger partial charge in [-0.1, -0.05) is 30.3 Å². The summed E-state index contributed by atoms with van der Waals surface area (Å²) in [6, 6.07) is 8.90. The minimum absolute atomic E-state index is 0.0893. The van der Waals surface area contributed by atoms with Crippen LogP contribution in [0.1, 0.15) is 18.4 Å². The molecular weight excluding hydrogens is 268 g/mol. The molecule has 0 aromatic heterocycles. The van der Waals surface area contributed by atoms with Gasteiger partial charge >= 0.3 is 5.97 Å². The molecular formula is C16H22N2O3. The highest BCUT2D eigenvalue weighted by Gasteiger charge is 2.29. The molecule has 0 saturated carbocycles. The number of carboxylic acids is 1. The summed E-state index contributed by atoms with van der Waals surface area (Å²) in [7, 11) is 1.97. The smallest absolute Gasteiger partial charge is 0.326 e. The topological polar surface area (TPSA) is 69.6 Å². The van der Waals surface area contributed by atoms with Crippen molar-refractivity contribution >= 4 is 11.9 Å². The van der Waals surface area contributed by atoms with Crippen molar-refractivity contribution in [2.75, 3.05) is 20.1 Å². The van der Waals surface area contributed by atoms with Crippen LogP contribution in [-0.2, 0) is 16.0 Å². The highest BCUT2D eigenvalue weighted by atomic mass is 16.4. The van der Waals surface area contributed by atoms with Crippen LogP contribution in [-0.4, -0.2) is 48.1 Å². The minimum Gasteiger partial charge on any atom is -0.480 e. The van der Waals surface area contributed by atoms with Crippen LogP contribution in [0.25, 0.3) is 0 Å². The van der Waals surface area contributed by atoms with Gasteiger partial charge in [0.1, 0.15) is 6.04 Å². The molecule has 1 saturated heterocycles. The summed E-state index contributed by atoms with van der Waals surface area (Å²) < 4.78 is 0. The third-order valence-electron chi connectivity index (χ3n) is 3.94. The maximum absolute atomic E-state index is 12.1. The van der Waals surface area contributed by atoms with Crippen LogP contribution >= 0.6 is 0 Å². The van der Waals surface area contributed by atoms with Crippen molar-refractivity contribution in [2.45, 2.75) is 25.3 Å². The Bertz CT molecular complexity index is 490. The maximum atomic E-state index is 12.1. The van der Waals surface area contributed by atoms with Gasteiger partial charge in [0.05, 0.1) is 5.92 Å². The minimum atomic E-state index is -0.967. The van der Waals surface area contributed by atoms with Gasteiger partial charge in [-0.25, -0.2) is 4.79 Å². The predicted molar refractivity (Wildman–Crippen MR) is 79.9 cm³/mol. The molecule has 1 amide bonds. The fourth-order valence-corrected chi connectivity index (χ4v) is 2.65. The number of aryl methyl sites for hydroxylation is 1. The van der Waals surface area contributed by atoms with Crippen LogP contribution in [0.2, 0.25) is 0 Å². The Morgan fingerprint density at radius 2 is 2.10 bits per heavy atom. The third kappa shape index (κ3) is 4.56. The largest absolute Gasteiger partial charge is 0.480 e. The quantitative estimate of drug-likeness (QED) is 0.824. The lowest BCUT2D eigenvalue weighted by Gasteiger charge is -2.17. The van der Waals surface area contributed by atoms with E-state index >= 15 is 0 Å². The molecule has 1 aliphatic rings. The molecule has 1 aromatic rings. The van der Waals surface area contributed by atoms with Crippen LogP contribution in [0, 0.1) is 5.92 Å². The molecule has 1 heterocycles. The van der Waals surface area contributed by atoms with Crippen molar-refractivity contribution in [3.63, 3.8) is 0 Å². The Kier molecular flexibility index (Phi) is 5.33. The molecule has 114 valence electrons. The molecule has 1 fully saturated rings. The van der Waals surface area contributed by atoms with Crippen LogP contribution in [0.5, 0.6) is 0 Å². The van der Waals surface area contributed by atoms with Gasteiger partial charge < -0.3 is 15.3 Å². The molecule has 0 aliphatic carbocycles. The monoisotopic (exact) mass is 290 g/mol. The van der Waals surface area contributed by atoms with Crippen molar-refractivity contribution in [3.8, 4) is 0 Å². The second kappa shape index (κ2) is 7.22. The molecule has 2 N–H and O–H groups in total. The summed E-state index contributed by atoms with van der Waals surface area (Å²) in [6.07, 6.45) is 1.85. The first-order chi connectivity index (χ1) is 10.1. The molecule has 2 atom stereocenters. The highest BCUT2D eigenvalue weighted by Crippen LogP contribution is 2.15. The molecule has 0 spiro atoms. The van der Waals surface area contributed by atoms with Crippen LogP contribution in [0.15, 0.2) is 30.3 Å². The van der Waals surface area contributed by atoms with E-state index in [0.717, 1.165) is 18.5 Å². The van der Waals surface area contributed by atoms with Gasteiger partial charge in [0, 0.05) is 6.54 Å². The zero-order valence-corrected chi connectivity index (χ0v) is 12.3. The number of carbonyl (C=O) groups excluding carboxylic acids is 1. The average molecular weight is 290 g/mol. The summed E-state index contributed by atoms with van der Waals surface area (Å²) in [5.41, 5.74) is 1.08. The van der Waals surface area contributed by atoms with Crippen LogP contribution in [0.4, 0.5) is 0 Å². The first-order valence-electron chi connectivity index (χ1n) is 7.32. The normalized spacial score (nSPS) is 20.1. The summed E-state index contributed by atoms with van der Waals surface area (Å²) in [6.45, 7) is 1.59. The van der Waals surface area contributed by atoms with Gasteiger partial charge in [-0.2, -0.15) is 0 Å². The van der Waals surface area contributed by atoms with E-state index in [0.29, 0.717) is 19.4 Å². The van der Waals surface area contributed by atoms with Gasteiger partial charge in [-0.05, 0) is 38.4 Å². The third-order valence-corrected chi connectivity index (χ3v) is 3.94. The first kappa shape index (κ1) is 15.5. The van der Waals surface area contributed by atoms with Crippen LogP contribution < -0.4 is 5.32 Å². The predicted octanol–water partition coefficient (Wildman–Crippen LogP) is 1.14. The van der Waals surface area contributed by atoms with E-state index in [-0.39, 0.29) is 11.8 Å². The molecule has 2 rings (SSSR count). The Hall–Kier alpha value is -1.88. The Morgan fingerprint density at radius 3 is 2.67 bits per heavy atom. The SMILES string of the molecule is CN1CCC(C(=O)N[C@@H](CCc2ccccc2)C(=O)O)C1. The number of nitrogens with zero attached hydrogens (tertiary/aromatic N) is 1. The van der Waals surface area contributed by atoms with Gasteiger partial charge in [0.15, 0.2) is 0 Å². The molecule has 5 heteroatoms. The lowest BCUT2D eigenvalue weighted by molar-refractivity contribution is -0.142. The summed E-state index contributed by atoms with van der Waals surface area (Å²) in [5, 5.41) is 12.0. The number of hydrogen-bond donors (Lipinski definition) is 2. The number of carbonyl (C=O) groups is 2. The van der Waals surface area contributed by atoms with Crippen molar-refractivity contribution in [3.05, 3.63) is 35.9 Å². The average Bonchev–Trinajstić information content (AvgIpc) is 2.90. The molecule has 0 radical (unpaired) electrons. The number of carboxylic acid groups (broad SMARTS) is 1. The lowest BCUT2D eigenvalue weighted by atomic mass is 10.0. The van der Waals surface area contributed by atoms with Crippen molar-refractivity contribution in [1.29, 1.82) is 0 Å². The Balaban J connectivity index is 1.87. The van der Waals surface area contributed by atoms with E-state index in [9.17, 15) is 14.7 Å². The molecule has 1 aromatic carbocycles.